The number of piperidine rings is 1. The van der Waals surface area contributed by atoms with Crippen molar-refractivity contribution in [2.75, 3.05) is 19.3 Å². The second-order valence-electron chi connectivity index (χ2n) is 4.78. The van der Waals surface area contributed by atoms with Crippen LogP contribution >= 0.6 is 11.3 Å². The van der Waals surface area contributed by atoms with Gasteiger partial charge in [0.1, 0.15) is 0 Å². The van der Waals surface area contributed by atoms with E-state index in [2.05, 4.69) is 16.9 Å². The second kappa shape index (κ2) is 3.46. The van der Waals surface area contributed by atoms with Gasteiger partial charge in [-0.2, -0.15) is 0 Å². The lowest BCUT2D eigenvalue weighted by atomic mass is 9.80. The maximum Gasteiger partial charge on any atom is 0.180 e. The smallest absolute Gasteiger partial charge is 0.180 e. The number of thiazole rings is 1. The van der Waals surface area contributed by atoms with Crippen LogP contribution in [0.3, 0.4) is 0 Å². The first-order valence-corrected chi connectivity index (χ1v) is 6.50. The average Bonchev–Trinajstić information content (AvgIpc) is 2.55. The Morgan fingerprint density at radius 3 is 3.20 bits per heavy atom. The molecule has 82 valence electrons. The van der Waals surface area contributed by atoms with E-state index < -0.39 is 0 Å². The highest BCUT2D eigenvalue weighted by Crippen LogP contribution is 2.36. The molecule has 2 N–H and O–H groups in total. The summed E-state index contributed by atoms with van der Waals surface area (Å²) in [6, 6.07) is 0.742. The first-order valence-electron chi connectivity index (χ1n) is 5.68. The lowest BCUT2D eigenvalue weighted by Gasteiger charge is -2.41. The number of nitrogens with two attached hydrogens (primary N) is 1. The summed E-state index contributed by atoms with van der Waals surface area (Å²) >= 11 is 1.69. The third kappa shape index (κ3) is 1.56. The third-order valence-electron chi connectivity index (χ3n) is 3.84. The summed E-state index contributed by atoms with van der Waals surface area (Å²) in [5, 5.41) is 0.751. The fraction of sp³-hybridized carbons (Fsp3) is 0.727. The minimum absolute atomic E-state index is 0.742. The standard InChI is InChI=1S/C11H17N3S/c1-14-4-2-3-7-5-8-10(6-9(7)14)15-11(12)13-8/h7,9H,2-6H2,1H3,(H2,12,13)/t7-,9-/m0/s1. The Bertz CT molecular complexity index is 374. The number of fused-ring (bicyclic) bond motifs is 2. The van der Waals surface area contributed by atoms with E-state index >= 15 is 0 Å². The molecule has 1 aromatic heterocycles. The van der Waals surface area contributed by atoms with Crippen molar-refractivity contribution in [3.63, 3.8) is 0 Å². The molecule has 1 saturated heterocycles. The fourth-order valence-corrected chi connectivity index (χ4v) is 3.95. The van der Waals surface area contributed by atoms with Crippen LogP contribution in [-0.2, 0) is 12.8 Å². The highest BCUT2D eigenvalue weighted by Gasteiger charge is 2.35. The number of hydrogen-bond acceptors (Lipinski definition) is 4. The molecule has 15 heavy (non-hydrogen) atoms. The van der Waals surface area contributed by atoms with Crippen molar-refractivity contribution in [3.05, 3.63) is 10.6 Å². The molecule has 0 unspecified atom stereocenters. The van der Waals surface area contributed by atoms with E-state index in [9.17, 15) is 0 Å². The molecule has 3 rings (SSSR count). The van der Waals surface area contributed by atoms with Gasteiger partial charge in [-0.3, -0.25) is 0 Å². The Labute approximate surface area is 94.3 Å². The van der Waals surface area contributed by atoms with E-state index in [1.165, 1.54) is 36.4 Å². The van der Waals surface area contributed by atoms with E-state index in [4.69, 9.17) is 5.73 Å². The Balaban J connectivity index is 1.91. The summed E-state index contributed by atoms with van der Waals surface area (Å²) in [7, 11) is 2.26. The summed E-state index contributed by atoms with van der Waals surface area (Å²) in [6.45, 7) is 1.25. The molecule has 1 fully saturated rings. The van der Waals surface area contributed by atoms with Crippen molar-refractivity contribution in [2.45, 2.75) is 31.7 Å². The van der Waals surface area contributed by atoms with Crippen LogP contribution < -0.4 is 5.73 Å². The number of hydrogen-bond donors (Lipinski definition) is 1. The van der Waals surface area contributed by atoms with Gasteiger partial charge < -0.3 is 10.6 Å². The molecule has 4 heteroatoms. The van der Waals surface area contributed by atoms with Crippen molar-refractivity contribution < 1.29 is 0 Å². The predicted octanol–water partition coefficient (Wildman–Crippen LogP) is 1.53. The molecule has 1 aliphatic heterocycles. The van der Waals surface area contributed by atoms with Crippen LogP contribution in [0.5, 0.6) is 0 Å². The summed E-state index contributed by atoms with van der Waals surface area (Å²) in [5.74, 6) is 0.817. The first kappa shape index (κ1) is 9.60. The van der Waals surface area contributed by atoms with E-state index in [0.717, 1.165) is 23.5 Å². The largest absolute Gasteiger partial charge is 0.375 e. The Hall–Kier alpha value is -0.610. The van der Waals surface area contributed by atoms with Crippen LogP contribution in [-0.4, -0.2) is 29.5 Å². The molecule has 2 heterocycles. The van der Waals surface area contributed by atoms with Crippen molar-refractivity contribution >= 4 is 16.5 Å². The monoisotopic (exact) mass is 223 g/mol. The molecule has 3 nitrogen and oxygen atoms in total. The maximum absolute atomic E-state index is 5.78. The number of nitrogen functional groups attached to an aromatic ring is 1. The zero-order valence-electron chi connectivity index (χ0n) is 9.07. The van der Waals surface area contributed by atoms with Gasteiger partial charge in [0.2, 0.25) is 0 Å². The van der Waals surface area contributed by atoms with Crippen molar-refractivity contribution in [3.8, 4) is 0 Å². The van der Waals surface area contributed by atoms with Crippen molar-refractivity contribution in [1.29, 1.82) is 0 Å². The van der Waals surface area contributed by atoms with Gasteiger partial charge in [0, 0.05) is 10.9 Å². The molecule has 0 spiro atoms. The van der Waals surface area contributed by atoms with Gasteiger partial charge >= 0.3 is 0 Å². The Morgan fingerprint density at radius 2 is 2.33 bits per heavy atom. The van der Waals surface area contributed by atoms with Crippen LogP contribution in [0.2, 0.25) is 0 Å². The molecule has 1 aliphatic carbocycles. The van der Waals surface area contributed by atoms with Crippen LogP contribution in [0.4, 0.5) is 5.13 Å². The van der Waals surface area contributed by atoms with Gasteiger partial charge in [-0.25, -0.2) is 4.98 Å². The van der Waals surface area contributed by atoms with E-state index in [-0.39, 0.29) is 0 Å². The minimum atomic E-state index is 0.742. The van der Waals surface area contributed by atoms with E-state index in [1.54, 1.807) is 11.3 Å². The van der Waals surface area contributed by atoms with Gasteiger partial charge in [-0.05, 0) is 45.2 Å². The molecule has 0 amide bonds. The van der Waals surface area contributed by atoms with Crippen LogP contribution in [0.1, 0.15) is 23.4 Å². The van der Waals surface area contributed by atoms with E-state index in [0.29, 0.717) is 0 Å². The number of nitrogens with zero attached hydrogens (tertiary/aromatic N) is 2. The van der Waals surface area contributed by atoms with Crippen LogP contribution in [0, 0.1) is 5.92 Å². The molecule has 0 radical (unpaired) electrons. The van der Waals surface area contributed by atoms with Gasteiger partial charge in [-0.1, -0.05) is 0 Å². The lowest BCUT2D eigenvalue weighted by molar-refractivity contribution is 0.112. The summed E-state index contributed by atoms with van der Waals surface area (Å²) in [4.78, 5) is 8.40. The highest BCUT2D eigenvalue weighted by molar-refractivity contribution is 7.15. The highest BCUT2D eigenvalue weighted by atomic mass is 32.1. The van der Waals surface area contributed by atoms with Gasteiger partial charge in [0.15, 0.2) is 5.13 Å². The summed E-state index contributed by atoms with van der Waals surface area (Å²) < 4.78 is 0. The zero-order valence-corrected chi connectivity index (χ0v) is 9.89. The minimum Gasteiger partial charge on any atom is -0.375 e. The topological polar surface area (TPSA) is 42.2 Å². The van der Waals surface area contributed by atoms with E-state index in [1.807, 2.05) is 0 Å². The van der Waals surface area contributed by atoms with Crippen molar-refractivity contribution in [2.24, 2.45) is 5.92 Å². The number of likely N-dealkylation sites (N-methyl/N-ethyl adjacent to an activating group) is 1. The van der Waals surface area contributed by atoms with Crippen LogP contribution in [0.15, 0.2) is 0 Å². The molecule has 0 aromatic carbocycles. The van der Waals surface area contributed by atoms with Gasteiger partial charge in [0.05, 0.1) is 5.69 Å². The molecular weight excluding hydrogens is 206 g/mol. The number of aromatic nitrogens is 1. The summed E-state index contributed by atoms with van der Waals surface area (Å²) in [6.07, 6.45) is 5.03. The average molecular weight is 223 g/mol. The predicted molar refractivity (Wildman–Crippen MR) is 63.1 cm³/mol. The van der Waals surface area contributed by atoms with Crippen molar-refractivity contribution in [1.82, 2.24) is 9.88 Å². The first-order chi connectivity index (χ1) is 7.24. The molecule has 1 aromatic rings. The maximum atomic E-state index is 5.78. The Morgan fingerprint density at radius 1 is 1.47 bits per heavy atom. The SMILES string of the molecule is CN1CCC[C@H]2Cc3nc(N)sc3C[C@@H]21. The second-order valence-corrected chi connectivity index (χ2v) is 5.90. The fourth-order valence-electron chi connectivity index (χ4n) is 3.04. The normalized spacial score (nSPS) is 31.0. The molecular formula is C11H17N3S. The third-order valence-corrected chi connectivity index (χ3v) is 4.79. The number of likely N-dealkylation sites (tertiary alicyclic amines) is 1. The van der Waals surface area contributed by atoms with Gasteiger partial charge in [-0.15, -0.1) is 11.3 Å². The van der Waals surface area contributed by atoms with Crippen LogP contribution in [0.25, 0.3) is 0 Å². The molecule has 0 bridgehead atoms. The zero-order chi connectivity index (χ0) is 10.4. The number of rotatable bonds is 0. The van der Waals surface area contributed by atoms with Gasteiger partial charge in [0.25, 0.3) is 0 Å². The lowest BCUT2D eigenvalue weighted by Crippen LogP contribution is -2.46. The Kier molecular flexibility index (Phi) is 2.21. The molecule has 0 saturated carbocycles. The number of anilines is 1. The molecule has 2 aliphatic rings. The quantitative estimate of drug-likeness (QED) is 0.725. The summed E-state index contributed by atoms with van der Waals surface area (Å²) in [5.41, 5.74) is 7.06. The molecule has 2 atom stereocenters.